The fourth-order valence-electron chi connectivity index (χ4n) is 2.15. The Balaban J connectivity index is 1.84. The number of benzene rings is 2. The van der Waals surface area contributed by atoms with Gasteiger partial charge in [-0.25, -0.2) is 9.59 Å². The third-order valence-electron chi connectivity index (χ3n) is 3.39. The maximum atomic E-state index is 12.3. The molecule has 3 rings (SSSR count). The van der Waals surface area contributed by atoms with Crippen molar-refractivity contribution in [1.82, 2.24) is 15.4 Å². The average Bonchev–Trinajstić information content (AvgIpc) is 3.14. The monoisotopic (exact) mass is 445 g/mol. The van der Waals surface area contributed by atoms with E-state index in [2.05, 4.69) is 20.1 Å². The van der Waals surface area contributed by atoms with E-state index >= 15 is 0 Å². The Kier molecular flexibility index (Phi) is 5.76. The predicted molar refractivity (Wildman–Crippen MR) is 94.8 cm³/mol. The van der Waals surface area contributed by atoms with Gasteiger partial charge in [0, 0.05) is 11.6 Å². The molecule has 7 nitrogen and oxygen atoms in total. The van der Waals surface area contributed by atoms with Crippen molar-refractivity contribution in [3.05, 3.63) is 58.2 Å². The van der Waals surface area contributed by atoms with Crippen molar-refractivity contribution in [3.8, 4) is 22.8 Å². The number of halogens is 5. The zero-order valence-corrected chi connectivity index (χ0v) is 15.5. The number of carbonyl (C=O) groups excluding carboxylic acids is 2. The summed E-state index contributed by atoms with van der Waals surface area (Å²) >= 11 is 11.8. The van der Waals surface area contributed by atoms with Gasteiger partial charge in [-0.2, -0.15) is 23.5 Å². The standard InChI is InChI=1S/C17H8Cl2F3N3O4/c18-11-5-4-10(7-12(11)19)28-9-3-1-2-8(6-9)13-14(24-25-23-13)15(26)29-16(27)17(20,21)22/h1-7H,(H,23,24,25). The quantitative estimate of drug-likeness (QED) is 0.457. The molecule has 0 radical (unpaired) electrons. The minimum Gasteiger partial charge on any atom is -0.457 e. The fourth-order valence-corrected chi connectivity index (χ4v) is 2.44. The molecule has 29 heavy (non-hydrogen) atoms. The van der Waals surface area contributed by atoms with Gasteiger partial charge in [0.1, 0.15) is 17.2 Å². The lowest BCUT2D eigenvalue weighted by molar-refractivity contribution is -0.193. The number of aromatic amines is 1. The molecule has 12 heteroatoms. The number of nitrogens with zero attached hydrogens (tertiary/aromatic N) is 2. The Morgan fingerprint density at radius 1 is 0.966 bits per heavy atom. The number of hydrogen-bond acceptors (Lipinski definition) is 6. The average molecular weight is 446 g/mol. The second-order valence-corrected chi connectivity index (χ2v) is 6.22. The minimum absolute atomic E-state index is 0.135. The summed E-state index contributed by atoms with van der Waals surface area (Å²) in [5, 5.41) is 9.91. The number of ether oxygens (including phenoxy) is 2. The molecule has 0 atom stereocenters. The van der Waals surface area contributed by atoms with E-state index in [9.17, 15) is 22.8 Å². The van der Waals surface area contributed by atoms with Crippen molar-refractivity contribution in [1.29, 1.82) is 0 Å². The van der Waals surface area contributed by atoms with E-state index in [0.717, 1.165) is 0 Å². The fraction of sp³-hybridized carbons (Fsp3) is 0.0588. The number of esters is 2. The maximum absolute atomic E-state index is 12.3. The number of nitrogens with one attached hydrogen (secondary N) is 1. The molecule has 1 aromatic heterocycles. The summed E-state index contributed by atoms with van der Waals surface area (Å²) < 4.78 is 46.3. The van der Waals surface area contributed by atoms with Crippen LogP contribution in [0.4, 0.5) is 13.2 Å². The summed E-state index contributed by atoms with van der Waals surface area (Å²) in [6.07, 6.45) is -5.33. The Hall–Kier alpha value is -3.11. The second-order valence-electron chi connectivity index (χ2n) is 5.40. The van der Waals surface area contributed by atoms with E-state index in [1.165, 1.54) is 24.3 Å². The molecule has 0 aliphatic heterocycles. The second kappa shape index (κ2) is 8.10. The van der Waals surface area contributed by atoms with Gasteiger partial charge in [-0.3, -0.25) is 0 Å². The Bertz CT molecular complexity index is 1090. The number of alkyl halides is 3. The molecule has 1 N–H and O–H groups in total. The summed E-state index contributed by atoms with van der Waals surface area (Å²) in [6.45, 7) is 0. The lowest BCUT2D eigenvalue weighted by atomic mass is 10.1. The molecular formula is C17H8Cl2F3N3O4. The third kappa shape index (κ3) is 4.84. The van der Waals surface area contributed by atoms with Crippen LogP contribution in [-0.4, -0.2) is 33.5 Å². The highest BCUT2D eigenvalue weighted by Gasteiger charge is 2.43. The van der Waals surface area contributed by atoms with Gasteiger partial charge in [-0.1, -0.05) is 35.3 Å². The van der Waals surface area contributed by atoms with Gasteiger partial charge < -0.3 is 9.47 Å². The Labute approximate surface area is 170 Å². The van der Waals surface area contributed by atoms with Gasteiger partial charge >= 0.3 is 18.1 Å². The van der Waals surface area contributed by atoms with E-state index in [1.807, 2.05) is 0 Å². The lowest BCUT2D eigenvalue weighted by Gasteiger charge is -2.08. The van der Waals surface area contributed by atoms with Crippen LogP contribution in [0.15, 0.2) is 42.5 Å². The molecule has 0 unspecified atom stereocenters. The Morgan fingerprint density at radius 2 is 1.69 bits per heavy atom. The summed E-state index contributed by atoms with van der Waals surface area (Å²) in [5.41, 5.74) is -0.471. The maximum Gasteiger partial charge on any atom is 0.491 e. The summed E-state index contributed by atoms with van der Waals surface area (Å²) in [7, 11) is 0. The van der Waals surface area contributed by atoms with Crippen molar-refractivity contribution in [2.45, 2.75) is 6.18 Å². The van der Waals surface area contributed by atoms with Gasteiger partial charge in [0.15, 0.2) is 5.69 Å². The minimum atomic E-state index is -5.33. The molecule has 0 saturated carbocycles. The number of carbonyl (C=O) groups is 2. The summed E-state index contributed by atoms with van der Waals surface area (Å²) in [6, 6.07) is 10.7. The van der Waals surface area contributed by atoms with Gasteiger partial charge in [0.25, 0.3) is 0 Å². The van der Waals surface area contributed by atoms with Crippen molar-refractivity contribution in [3.63, 3.8) is 0 Å². The van der Waals surface area contributed by atoms with E-state index in [-0.39, 0.29) is 16.3 Å². The summed E-state index contributed by atoms with van der Waals surface area (Å²) in [4.78, 5) is 22.7. The van der Waals surface area contributed by atoms with Crippen LogP contribution in [0.3, 0.4) is 0 Å². The van der Waals surface area contributed by atoms with E-state index in [1.54, 1.807) is 18.2 Å². The molecular weight excluding hydrogens is 438 g/mol. The van der Waals surface area contributed by atoms with Crippen LogP contribution in [0.1, 0.15) is 10.5 Å². The molecule has 2 aromatic carbocycles. The first-order valence-corrected chi connectivity index (χ1v) is 8.38. The molecule has 0 aliphatic carbocycles. The molecule has 0 aliphatic rings. The normalized spacial score (nSPS) is 11.2. The van der Waals surface area contributed by atoms with Crippen LogP contribution in [0, 0.1) is 0 Å². The first-order valence-electron chi connectivity index (χ1n) is 7.62. The highest BCUT2D eigenvalue weighted by Crippen LogP contribution is 2.31. The van der Waals surface area contributed by atoms with Crippen LogP contribution in [-0.2, 0) is 9.53 Å². The topological polar surface area (TPSA) is 94.2 Å². The SMILES string of the molecule is O=C(OC(=O)C(F)(F)F)c1n[nH]nc1-c1cccc(Oc2ccc(Cl)c(Cl)c2)c1. The highest BCUT2D eigenvalue weighted by atomic mass is 35.5. The van der Waals surface area contributed by atoms with Crippen LogP contribution in [0.2, 0.25) is 10.0 Å². The first kappa shape index (κ1) is 20.6. The third-order valence-corrected chi connectivity index (χ3v) is 4.13. The molecule has 1 heterocycles. The number of aromatic nitrogens is 3. The van der Waals surface area contributed by atoms with E-state index < -0.39 is 23.8 Å². The molecule has 150 valence electrons. The number of H-pyrrole nitrogens is 1. The molecule has 0 amide bonds. The summed E-state index contributed by atoms with van der Waals surface area (Å²) in [5.74, 6) is -3.60. The largest absolute Gasteiger partial charge is 0.491 e. The van der Waals surface area contributed by atoms with Crippen molar-refractivity contribution >= 4 is 35.1 Å². The lowest BCUT2D eigenvalue weighted by Crippen LogP contribution is -2.28. The zero-order chi connectivity index (χ0) is 21.2. The van der Waals surface area contributed by atoms with E-state index in [4.69, 9.17) is 27.9 Å². The molecule has 0 bridgehead atoms. The molecule has 3 aromatic rings. The van der Waals surface area contributed by atoms with Crippen molar-refractivity contribution in [2.24, 2.45) is 0 Å². The van der Waals surface area contributed by atoms with Gasteiger partial charge in [0.05, 0.1) is 10.0 Å². The van der Waals surface area contributed by atoms with Crippen LogP contribution >= 0.6 is 23.2 Å². The molecule has 0 fully saturated rings. The van der Waals surface area contributed by atoms with Crippen molar-refractivity contribution in [2.75, 3.05) is 0 Å². The predicted octanol–water partition coefficient (Wildman–Crippen LogP) is 4.82. The smallest absolute Gasteiger partial charge is 0.457 e. The zero-order valence-electron chi connectivity index (χ0n) is 14.0. The van der Waals surface area contributed by atoms with Crippen molar-refractivity contribution < 1.29 is 32.2 Å². The van der Waals surface area contributed by atoms with E-state index in [0.29, 0.717) is 16.5 Å². The first-order chi connectivity index (χ1) is 13.6. The van der Waals surface area contributed by atoms with Gasteiger partial charge in [-0.15, -0.1) is 5.10 Å². The highest BCUT2D eigenvalue weighted by molar-refractivity contribution is 6.42. The van der Waals surface area contributed by atoms with Crippen LogP contribution in [0.5, 0.6) is 11.5 Å². The van der Waals surface area contributed by atoms with Gasteiger partial charge in [-0.05, 0) is 24.3 Å². The molecule has 0 spiro atoms. The molecule has 0 saturated heterocycles. The van der Waals surface area contributed by atoms with Gasteiger partial charge in [0.2, 0.25) is 0 Å². The number of rotatable bonds is 4. The van der Waals surface area contributed by atoms with Crippen LogP contribution in [0.25, 0.3) is 11.3 Å². The number of hydrogen-bond donors (Lipinski definition) is 1. The van der Waals surface area contributed by atoms with Crippen LogP contribution < -0.4 is 4.74 Å². The Morgan fingerprint density at radius 3 is 2.38 bits per heavy atom.